The summed E-state index contributed by atoms with van der Waals surface area (Å²) in [7, 11) is 0. The Morgan fingerprint density at radius 3 is 2.00 bits per heavy atom. The van der Waals surface area contributed by atoms with Crippen molar-refractivity contribution in [1.82, 2.24) is 10.2 Å². The summed E-state index contributed by atoms with van der Waals surface area (Å²) in [5.41, 5.74) is 0.110. The van der Waals surface area contributed by atoms with Gasteiger partial charge in [0.15, 0.2) is 0 Å². The smallest absolute Gasteiger partial charge is 0.285 e. The summed E-state index contributed by atoms with van der Waals surface area (Å²) in [5.74, 6) is -6.44. The zero-order valence-electron chi connectivity index (χ0n) is 12.2. The first-order valence-corrected chi connectivity index (χ1v) is 6.96. The monoisotopic (exact) mass is 306 g/mol. The van der Waals surface area contributed by atoms with Crippen LogP contribution in [0.2, 0.25) is 0 Å². The van der Waals surface area contributed by atoms with Crippen molar-refractivity contribution in [2.45, 2.75) is 32.5 Å². The largest absolute Gasteiger partial charge is 0.292 e. The van der Waals surface area contributed by atoms with E-state index in [0.717, 1.165) is 0 Å². The quantitative estimate of drug-likeness (QED) is 0.628. The van der Waals surface area contributed by atoms with E-state index in [1.54, 1.807) is 12.1 Å². The van der Waals surface area contributed by atoms with Crippen molar-refractivity contribution in [3.63, 3.8) is 0 Å². The highest BCUT2D eigenvalue weighted by Gasteiger charge is 2.56. The summed E-state index contributed by atoms with van der Waals surface area (Å²) in [4.78, 5) is 47.4. The number of amides is 4. The van der Waals surface area contributed by atoms with E-state index < -0.39 is 35.8 Å². The third-order valence-corrected chi connectivity index (χ3v) is 3.43. The van der Waals surface area contributed by atoms with Crippen LogP contribution in [0.5, 0.6) is 0 Å². The molecule has 1 fully saturated rings. The number of nitrogens with zero attached hydrogens (tertiary/aromatic N) is 1. The number of hydrogen-bond donors (Lipinski definition) is 1. The lowest BCUT2D eigenvalue weighted by atomic mass is 10.0. The molecule has 1 aromatic rings. The Morgan fingerprint density at radius 1 is 1.05 bits per heavy atom. The molecule has 1 atom stereocenters. The SMILES string of the molecule is CC.O=C1CC[C@@](F)(N2C(=O)c3ccccc3C2=O)C(=O)N1. The van der Waals surface area contributed by atoms with Gasteiger partial charge in [-0.2, -0.15) is 0 Å². The van der Waals surface area contributed by atoms with Gasteiger partial charge < -0.3 is 0 Å². The first-order valence-electron chi connectivity index (χ1n) is 6.96. The van der Waals surface area contributed by atoms with Gasteiger partial charge in [0, 0.05) is 12.8 Å². The molecule has 2 aliphatic rings. The molecule has 0 aliphatic carbocycles. The molecule has 2 heterocycles. The predicted molar refractivity (Wildman–Crippen MR) is 74.5 cm³/mol. The summed E-state index contributed by atoms with van der Waals surface area (Å²) in [6.07, 6.45) is -0.793. The molecule has 7 heteroatoms. The highest BCUT2D eigenvalue weighted by atomic mass is 19.1. The van der Waals surface area contributed by atoms with Gasteiger partial charge >= 0.3 is 0 Å². The number of piperidine rings is 1. The molecule has 2 aliphatic heterocycles. The van der Waals surface area contributed by atoms with Gasteiger partial charge in [-0.25, -0.2) is 9.29 Å². The Hall–Kier alpha value is -2.57. The molecule has 0 saturated carbocycles. The molecular formula is C15H15FN2O4. The summed E-state index contributed by atoms with van der Waals surface area (Å²) < 4.78 is 14.8. The highest BCUT2D eigenvalue weighted by Crippen LogP contribution is 2.35. The van der Waals surface area contributed by atoms with Crippen molar-refractivity contribution in [1.29, 1.82) is 0 Å². The van der Waals surface area contributed by atoms with Crippen LogP contribution in [0, 0.1) is 0 Å². The minimum absolute atomic E-state index is 0.0548. The summed E-state index contributed by atoms with van der Waals surface area (Å²) >= 11 is 0. The van der Waals surface area contributed by atoms with E-state index in [1.807, 2.05) is 19.2 Å². The lowest BCUT2D eigenvalue weighted by Gasteiger charge is -2.33. The Morgan fingerprint density at radius 2 is 1.55 bits per heavy atom. The van der Waals surface area contributed by atoms with Gasteiger partial charge in [0.2, 0.25) is 5.91 Å². The molecule has 0 spiro atoms. The van der Waals surface area contributed by atoms with Gasteiger partial charge in [0.25, 0.3) is 23.5 Å². The lowest BCUT2D eigenvalue weighted by molar-refractivity contribution is -0.151. The molecule has 0 bridgehead atoms. The molecular weight excluding hydrogens is 291 g/mol. The van der Waals surface area contributed by atoms with Crippen LogP contribution in [0.4, 0.5) is 4.39 Å². The Kier molecular flexibility index (Phi) is 4.07. The average Bonchev–Trinajstić information content (AvgIpc) is 2.78. The van der Waals surface area contributed by atoms with E-state index in [0.29, 0.717) is 4.90 Å². The number of rotatable bonds is 1. The Balaban J connectivity index is 0.000000847. The van der Waals surface area contributed by atoms with E-state index in [1.165, 1.54) is 12.1 Å². The fourth-order valence-electron chi connectivity index (χ4n) is 2.40. The van der Waals surface area contributed by atoms with Crippen LogP contribution in [0.15, 0.2) is 24.3 Å². The molecule has 22 heavy (non-hydrogen) atoms. The molecule has 4 amide bonds. The van der Waals surface area contributed by atoms with Crippen LogP contribution < -0.4 is 5.32 Å². The van der Waals surface area contributed by atoms with Gasteiger partial charge in [0.05, 0.1) is 11.1 Å². The van der Waals surface area contributed by atoms with Crippen molar-refractivity contribution in [2.75, 3.05) is 0 Å². The van der Waals surface area contributed by atoms with E-state index in [9.17, 15) is 23.6 Å². The second kappa shape index (κ2) is 5.67. The van der Waals surface area contributed by atoms with Crippen LogP contribution >= 0.6 is 0 Å². The van der Waals surface area contributed by atoms with Gasteiger partial charge in [-0.1, -0.05) is 26.0 Å². The van der Waals surface area contributed by atoms with Crippen LogP contribution in [0.1, 0.15) is 47.4 Å². The Labute approximate surface area is 126 Å². The first-order chi connectivity index (χ1) is 10.4. The maximum Gasteiger partial charge on any atom is 0.285 e. The highest BCUT2D eigenvalue weighted by molar-refractivity contribution is 6.23. The van der Waals surface area contributed by atoms with Gasteiger partial charge in [-0.05, 0) is 12.1 Å². The van der Waals surface area contributed by atoms with E-state index in [-0.39, 0.29) is 17.5 Å². The first kappa shape index (κ1) is 15.8. The Bertz CT molecular complexity index is 638. The number of hydrogen-bond acceptors (Lipinski definition) is 4. The van der Waals surface area contributed by atoms with E-state index in [4.69, 9.17) is 0 Å². The topological polar surface area (TPSA) is 83.6 Å². The van der Waals surface area contributed by atoms with Crippen molar-refractivity contribution in [3.8, 4) is 0 Å². The fraction of sp³-hybridized carbons (Fsp3) is 0.333. The lowest BCUT2D eigenvalue weighted by Crippen LogP contribution is -2.61. The third-order valence-electron chi connectivity index (χ3n) is 3.43. The molecule has 1 saturated heterocycles. The minimum Gasteiger partial charge on any atom is -0.292 e. The van der Waals surface area contributed by atoms with E-state index >= 15 is 0 Å². The van der Waals surface area contributed by atoms with Crippen LogP contribution in [-0.2, 0) is 9.59 Å². The summed E-state index contributed by atoms with van der Waals surface area (Å²) in [6.45, 7) is 4.00. The molecule has 1 aromatic carbocycles. The van der Waals surface area contributed by atoms with Gasteiger partial charge in [-0.15, -0.1) is 0 Å². The van der Waals surface area contributed by atoms with Crippen molar-refractivity contribution in [2.24, 2.45) is 0 Å². The fourth-order valence-corrected chi connectivity index (χ4v) is 2.40. The zero-order valence-corrected chi connectivity index (χ0v) is 12.2. The van der Waals surface area contributed by atoms with Crippen LogP contribution in [-0.4, -0.2) is 34.3 Å². The average molecular weight is 306 g/mol. The number of benzene rings is 1. The minimum atomic E-state index is -2.82. The van der Waals surface area contributed by atoms with Gasteiger partial charge in [0.1, 0.15) is 0 Å². The number of carbonyl (C=O) groups excluding carboxylic acids is 4. The predicted octanol–water partition coefficient (Wildman–Crippen LogP) is 1.41. The number of fused-ring (bicyclic) bond motifs is 1. The van der Waals surface area contributed by atoms with Crippen LogP contribution in [0.25, 0.3) is 0 Å². The zero-order chi connectivity index (χ0) is 16.5. The number of alkyl halides is 1. The number of imide groups is 2. The normalized spacial score (nSPS) is 23.7. The van der Waals surface area contributed by atoms with Crippen molar-refractivity contribution in [3.05, 3.63) is 35.4 Å². The molecule has 0 aromatic heterocycles. The summed E-state index contributed by atoms with van der Waals surface area (Å²) in [5, 5.41) is 1.82. The van der Waals surface area contributed by atoms with E-state index in [2.05, 4.69) is 0 Å². The summed E-state index contributed by atoms with van der Waals surface area (Å²) in [6, 6.07) is 5.88. The van der Waals surface area contributed by atoms with Crippen LogP contribution in [0.3, 0.4) is 0 Å². The maximum atomic E-state index is 14.8. The second-order valence-corrected chi connectivity index (χ2v) is 4.63. The number of halogens is 1. The molecule has 1 N–H and O–H groups in total. The van der Waals surface area contributed by atoms with Crippen molar-refractivity contribution < 1.29 is 23.6 Å². The molecule has 116 valence electrons. The molecule has 6 nitrogen and oxygen atoms in total. The molecule has 0 unspecified atom stereocenters. The molecule has 0 radical (unpaired) electrons. The molecule has 3 rings (SSSR count). The third kappa shape index (κ3) is 2.18. The second-order valence-electron chi connectivity index (χ2n) is 4.63. The van der Waals surface area contributed by atoms with Gasteiger partial charge in [-0.3, -0.25) is 24.5 Å². The van der Waals surface area contributed by atoms with Crippen molar-refractivity contribution >= 4 is 23.6 Å². The maximum absolute atomic E-state index is 14.8. The standard InChI is InChI=1S/C13H9FN2O4.C2H6/c14-13(6-5-9(17)15-12(13)20)16-10(18)7-3-1-2-4-8(7)11(16)19;1-2/h1-4H,5-6H2,(H,15,17,20);1-2H3/t13-;/m1./s1. The number of nitrogens with one attached hydrogen (secondary N) is 1. The number of carbonyl (C=O) groups is 4.